The summed E-state index contributed by atoms with van der Waals surface area (Å²) in [4.78, 5) is 24.1. The van der Waals surface area contributed by atoms with Crippen LogP contribution in [-0.4, -0.2) is 68.5 Å². The number of aliphatic hydroxyl groups is 1. The summed E-state index contributed by atoms with van der Waals surface area (Å²) in [5.74, 6) is -0.257. The van der Waals surface area contributed by atoms with Gasteiger partial charge in [-0.1, -0.05) is 64.5 Å². The highest BCUT2D eigenvalue weighted by molar-refractivity contribution is 7.45. The number of nitrogens with zero attached hydrogens (tertiary/aromatic N) is 1. The molecule has 0 bridgehead atoms. The first kappa shape index (κ1) is 31.2. The van der Waals surface area contributed by atoms with Crippen molar-refractivity contribution in [1.29, 1.82) is 0 Å². The molecule has 190 valence electrons. The van der Waals surface area contributed by atoms with E-state index in [0.29, 0.717) is 23.9 Å². The first-order chi connectivity index (χ1) is 15.0. The van der Waals surface area contributed by atoms with Crippen molar-refractivity contribution in [2.24, 2.45) is 0 Å². The number of amides is 1. The fraction of sp³-hybridized carbons (Fsp3) is 0.870. The van der Waals surface area contributed by atoms with Crippen LogP contribution in [0.4, 0.5) is 0 Å². The molecule has 9 heteroatoms. The Hall–Kier alpha value is -0.760. The van der Waals surface area contributed by atoms with E-state index in [1.165, 1.54) is 32.1 Å². The number of allylic oxidation sites excluding steroid dienone is 1. The van der Waals surface area contributed by atoms with Gasteiger partial charge >= 0.3 is 0 Å². The van der Waals surface area contributed by atoms with Gasteiger partial charge in [0.2, 0.25) is 5.91 Å². The van der Waals surface area contributed by atoms with Gasteiger partial charge in [0.15, 0.2) is 0 Å². The van der Waals surface area contributed by atoms with Crippen LogP contribution < -0.4 is 10.2 Å². The van der Waals surface area contributed by atoms with Crippen LogP contribution in [0.3, 0.4) is 0 Å². The number of carbonyl (C=O) groups excluding carboxylic acids is 1. The highest BCUT2D eigenvalue weighted by Crippen LogP contribution is 2.38. The van der Waals surface area contributed by atoms with Crippen molar-refractivity contribution in [3.63, 3.8) is 0 Å². The number of phosphoric acid groups is 1. The average molecular weight is 479 g/mol. The molecule has 1 amide bonds. The summed E-state index contributed by atoms with van der Waals surface area (Å²) in [6, 6.07) is -0.872. The second-order valence-electron chi connectivity index (χ2n) is 9.34. The SMILES string of the molecule is CCCCCCCCC/C=C/C(O)C(COP(=O)([O-])OCC[N+](C)(C)C)NC(=O)CCC. The standard InChI is InChI=1S/C23H47N2O6P/c1-6-8-9-10-11-12-13-14-15-17-22(26)21(24-23(27)16-7-2)20-31-32(28,29)30-19-18-25(3,4)5/h15,17,21-22,26H,6-14,16,18-20H2,1-5H3,(H-,24,27,28,29)/b17-15+. The molecule has 0 saturated carbocycles. The molecule has 0 aliphatic heterocycles. The monoisotopic (exact) mass is 478 g/mol. The van der Waals surface area contributed by atoms with Crippen LogP contribution in [0.2, 0.25) is 0 Å². The molecule has 0 fully saturated rings. The number of likely N-dealkylation sites (N-methyl/N-ethyl adjacent to an activating group) is 1. The molecule has 0 aromatic rings. The average Bonchev–Trinajstić information content (AvgIpc) is 2.68. The predicted molar refractivity (Wildman–Crippen MR) is 127 cm³/mol. The minimum atomic E-state index is -4.53. The van der Waals surface area contributed by atoms with Gasteiger partial charge in [-0.15, -0.1) is 0 Å². The molecule has 0 aromatic carbocycles. The second-order valence-corrected chi connectivity index (χ2v) is 10.8. The minimum absolute atomic E-state index is 0.00195. The Morgan fingerprint density at radius 2 is 1.69 bits per heavy atom. The van der Waals surface area contributed by atoms with Crippen molar-refractivity contribution in [1.82, 2.24) is 5.32 Å². The molecule has 0 saturated heterocycles. The molecule has 32 heavy (non-hydrogen) atoms. The van der Waals surface area contributed by atoms with E-state index in [9.17, 15) is 19.4 Å². The van der Waals surface area contributed by atoms with Gasteiger partial charge < -0.3 is 28.8 Å². The van der Waals surface area contributed by atoms with Crippen LogP contribution in [0.25, 0.3) is 0 Å². The largest absolute Gasteiger partial charge is 0.756 e. The first-order valence-corrected chi connectivity index (χ1v) is 13.5. The molecule has 0 radical (unpaired) electrons. The van der Waals surface area contributed by atoms with Crippen molar-refractivity contribution < 1.29 is 32.9 Å². The summed E-state index contributed by atoms with van der Waals surface area (Å²) >= 11 is 0. The number of aliphatic hydroxyl groups excluding tert-OH is 1. The molecular weight excluding hydrogens is 431 g/mol. The zero-order valence-corrected chi connectivity index (χ0v) is 21.8. The van der Waals surface area contributed by atoms with Gasteiger partial charge in [-0.25, -0.2) is 0 Å². The Labute approximate surface area is 195 Å². The molecule has 0 aromatic heterocycles. The maximum absolute atomic E-state index is 12.0. The zero-order chi connectivity index (χ0) is 24.5. The second kappa shape index (κ2) is 17.7. The molecule has 0 aliphatic carbocycles. The summed E-state index contributed by atoms with van der Waals surface area (Å²) in [6.45, 7) is 4.18. The fourth-order valence-electron chi connectivity index (χ4n) is 2.96. The van der Waals surface area contributed by atoms with Crippen LogP contribution in [0.1, 0.15) is 78.1 Å². The summed E-state index contributed by atoms with van der Waals surface area (Å²) in [5, 5.41) is 13.2. The van der Waals surface area contributed by atoms with E-state index < -0.39 is 20.0 Å². The van der Waals surface area contributed by atoms with E-state index in [0.717, 1.165) is 19.3 Å². The van der Waals surface area contributed by atoms with Gasteiger partial charge in [-0.05, 0) is 19.3 Å². The molecule has 0 aliphatic rings. The number of unbranched alkanes of at least 4 members (excludes halogenated alkanes) is 7. The summed E-state index contributed by atoms with van der Waals surface area (Å²) in [6.07, 6.45) is 12.7. The lowest BCUT2D eigenvalue weighted by molar-refractivity contribution is -0.870. The third kappa shape index (κ3) is 18.8. The number of carbonyl (C=O) groups is 1. The van der Waals surface area contributed by atoms with Crippen molar-refractivity contribution >= 4 is 13.7 Å². The maximum atomic E-state index is 12.0. The maximum Gasteiger partial charge on any atom is 0.268 e. The van der Waals surface area contributed by atoms with E-state index in [2.05, 4.69) is 12.2 Å². The molecule has 3 atom stereocenters. The van der Waals surface area contributed by atoms with Gasteiger partial charge in [0.05, 0.1) is 39.9 Å². The zero-order valence-electron chi connectivity index (χ0n) is 20.9. The van der Waals surface area contributed by atoms with E-state index in [1.54, 1.807) is 6.08 Å². The molecule has 0 rings (SSSR count). The van der Waals surface area contributed by atoms with Gasteiger partial charge in [0.25, 0.3) is 7.82 Å². The van der Waals surface area contributed by atoms with E-state index in [-0.39, 0.29) is 19.1 Å². The van der Waals surface area contributed by atoms with Crippen molar-refractivity contribution in [2.45, 2.75) is 90.2 Å². The topological polar surface area (TPSA) is 108 Å². The van der Waals surface area contributed by atoms with Crippen molar-refractivity contribution in [3.8, 4) is 0 Å². The van der Waals surface area contributed by atoms with Crippen LogP contribution >= 0.6 is 7.82 Å². The van der Waals surface area contributed by atoms with Gasteiger partial charge in [0, 0.05) is 6.42 Å². The first-order valence-electron chi connectivity index (χ1n) is 12.1. The molecular formula is C23H47N2O6P. The van der Waals surface area contributed by atoms with Gasteiger partial charge in [0.1, 0.15) is 13.2 Å². The number of quaternary nitrogens is 1. The van der Waals surface area contributed by atoms with E-state index >= 15 is 0 Å². The Morgan fingerprint density at radius 1 is 1.06 bits per heavy atom. The quantitative estimate of drug-likeness (QED) is 0.120. The lowest BCUT2D eigenvalue weighted by Gasteiger charge is -2.29. The predicted octanol–water partition coefficient (Wildman–Crippen LogP) is 3.54. The van der Waals surface area contributed by atoms with Gasteiger partial charge in [-0.2, -0.15) is 0 Å². The Kier molecular flexibility index (Phi) is 17.3. The lowest BCUT2D eigenvalue weighted by atomic mass is 10.1. The fourth-order valence-corrected chi connectivity index (χ4v) is 3.68. The number of phosphoric ester groups is 1. The van der Waals surface area contributed by atoms with Crippen LogP contribution in [-0.2, 0) is 18.4 Å². The molecule has 2 N–H and O–H groups in total. The van der Waals surface area contributed by atoms with E-state index in [1.807, 2.05) is 34.1 Å². The third-order valence-corrected chi connectivity index (χ3v) is 5.93. The normalized spacial score (nSPS) is 16.1. The molecule has 3 unspecified atom stereocenters. The van der Waals surface area contributed by atoms with Crippen LogP contribution in [0.5, 0.6) is 0 Å². The molecule has 0 heterocycles. The van der Waals surface area contributed by atoms with Crippen LogP contribution in [0.15, 0.2) is 12.2 Å². The summed E-state index contributed by atoms with van der Waals surface area (Å²) in [5.41, 5.74) is 0. The van der Waals surface area contributed by atoms with Gasteiger partial charge in [-0.3, -0.25) is 9.36 Å². The number of hydrogen-bond donors (Lipinski definition) is 2. The molecule has 8 nitrogen and oxygen atoms in total. The highest BCUT2D eigenvalue weighted by Gasteiger charge is 2.22. The summed E-state index contributed by atoms with van der Waals surface area (Å²) < 4.78 is 22.5. The van der Waals surface area contributed by atoms with E-state index in [4.69, 9.17) is 9.05 Å². The lowest BCUT2D eigenvalue weighted by Crippen LogP contribution is -2.45. The highest BCUT2D eigenvalue weighted by atomic mass is 31.2. The van der Waals surface area contributed by atoms with Crippen LogP contribution in [0, 0.1) is 0 Å². The minimum Gasteiger partial charge on any atom is -0.756 e. The third-order valence-electron chi connectivity index (χ3n) is 4.97. The summed E-state index contributed by atoms with van der Waals surface area (Å²) in [7, 11) is 1.24. The Morgan fingerprint density at radius 3 is 2.28 bits per heavy atom. The number of nitrogens with one attached hydrogen (secondary N) is 1. The Balaban J connectivity index is 4.58. The smallest absolute Gasteiger partial charge is 0.268 e. The number of rotatable bonds is 20. The molecule has 0 spiro atoms. The van der Waals surface area contributed by atoms with Crippen molar-refractivity contribution in [3.05, 3.63) is 12.2 Å². The Bertz CT molecular complexity index is 565. The van der Waals surface area contributed by atoms with Crippen molar-refractivity contribution in [2.75, 3.05) is 40.9 Å². The number of hydrogen-bond acceptors (Lipinski definition) is 6.